The van der Waals surface area contributed by atoms with Gasteiger partial charge in [0.05, 0.1) is 0 Å². The Balaban J connectivity index is 3.94. The summed E-state index contributed by atoms with van der Waals surface area (Å²) in [4.78, 5) is 9.97. The van der Waals surface area contributed by atoms with E-state index in [1.54, 1.807) is 0 Å². The fourth-order valence-electron chi connectivity index (χ4n) is 0.283. The third-order valence-corrected chi connectivity index (χ3v) is 1.27. The molecule has 0 aliphatic heterocycles. The minimum atomic E-state index is -2.32. The number of nitrogens with two attached hydrogens (primary N) is 1. The number of aliphatic carboxylic acids is 1. The van der Waals surface area contributed by atoms with Gasteiger partial charge in [0.25, 0.3) is 0 Å². The summed E-state index contributed by atoms with van der Waals surface area (Å²) in [6.07, 6.45) is -0.161. The van der Waals surface area contributed by atoms with Gasteiger partial charge in [0, 0.05) is 11.8 Å². The Morgan fingerprint density at radius 3 is 2.50 bits per heavy atom. The van der Waals surface area contributed by atoms with E-state index in [2.05, 4.69) is 0 Å². The summed E-state index contributed by atoms with van der Waals surface area (Å²) in [6, 6.07) is -1.13. The average Bonchev–Trinajstić information content (AvgIpc) is 1.82. The van der Waals surface area contributed by atoms with E-state index in [0.29, 0.717) is 0 Å². The van der Waals surface area contributed by atoms with Crippen LogP contribution in [-0.4, -0.2) is 30.9 Å². The predicted octanol–water partition coefficient (Wildman–Crippen LogP) is -1.53. The van der Waals surface area contributed by atoms with Gasteiger partial charge in [-0.05, 0) is 0 Å². The molecule has 6 heteroatoms. The number of carboxylic acids is 1. The van der Waals surface area contributed by atoms with Crippen molar-refractivity contribution in [2.75, 3.05) is 0 Å². The van der Waals surface area contributed by atoms with Crippen LogP contribution >= 0.6 is 0 Å². The molecule has 0 fully saturated rings. The molecule has 0 heterocycles. The lowest BCUT2D eigenvalue weighted by Crippen LogP contribution is -2.30. The fourth-order valence-corrected chi connectivity index (χ4v) is 0.648. The summed E-state index contributed by atoms with van der Waals surface area (Å²) in [5.74, 6) is -1.21. The first-order valence-corrected chi connectivity index (χ1v) is 3.57. The minimum Gasteiger partial charge on any atom is -0.480 e. The highest BCUT2D eigenvalue weighted by atomic mass is 32.2. The van der Waals surface area contributed by atoms with Gasteiger partial charge >= 0.3 is 5.97 Å². The van der Waals surface area contributed by atoms with Crippen molar-refractivity contribution in [3.05, 3.63) is 0 Å². The van der Waals surface area contributed by atoms with Crippen LogP contribution in [0.5, 0.6) is 0 Å². The maximum absolute atomic E-state index is 9.97. The molecular weight excluding hydrogens is 158 g/mol. The maximum atomic E-state index is 9.97. The van der Waals surface area contributed by atoms with Gasteiger partial charge in [0.1, 0.15) is 6.04 Å². The van der Waals surface area contributed by atoms with Gasteiger partial charge in [-0.25, -0.2) is 0 Å². The van der Waals surface area contributed by atoms with E-state index in [1.165, 1.54) is 0 Å². The van der Waals surface area contributed by atoms with Crippen molar-refractivity contribution in [2.45, 2.75) is 12.5 Å². The smallest absolute Gasteiger partial charge is 0.320 e. The second kappa shape index (κ2) is 4.02. The van der Waals surface area contributed by atoms with Crippen molar-refractivity contribution < 1.29 is 18.3 Å². The molecule has 0 radical (unpaired) electrons. The highest BCUT2D eigenvalue weighted by Gasteiger charge is 2.08. The van der Waals surface area contributed by atoms with Crippen LogP contribution < -0.4 is 5.73 Å². The molecule has 0 spiro atoms. The van der Waals surface area contributed by atoms with Crippen LogP contribution in [0.2, 0.25) is 0 Å². The van der Waals surface area contributed by atoms with Crippen molar-refractivity contribution in [3.8, 4) is 0 Å². The Bertz CT molecular complexity index is 234. The molecule has 0 aromatic rings. The lowest BCUT2D eigenvalue weighted by molar-refractivity contribution is -0.138. The zero-order chi connectivity index (χ0) is 8.15. The van der Waals surface area contributed by atoms with Crippen molar-refractivity contribution in [3.63, 3.8) is 0 Å². The Kier molecular flexibility index (Phi) is 3.67. The first-order valence-electron chi connectivity index (χ1n) is 2.44. The first-order chi connectivity index (χ1) is 4.54. The lowest BCUT2D eigenvalue weighted by Gasteiger charge is -1.97. The molecule has 0 bridgehead atoms. The normalized spacial score (nSPS) is 12.1. The molecule has 0 saturated heterocycles. The van der Waals surface area contributed by atoms with Crippen molar-refractivity contribution in [2.24, 2.45) is 5.73 Å². The topological polar surface area (TPSA) is 97.5 Å². The number of carboxylic acid groups (broad SMARTS) is 1. The van der Waals surface area contributed by atoms with Crippen molar-refractivity contribution >= 4 is 21.6 Å². The summed E-state index contributed by atoms with van der Waals surface area (Å²) >= 11 is 0. The van der Waals surface area contributed by atoms with E-state index in [1.807, 2.05) is 0 Å². The van der Waals surface area contributed by atoms with Gasteiger partial charge in [0.15, 0.2) is 0 Å². The molecule has 0 rings (SSSR count). The summed E-state index contributed by atoms with van der Waals surface area (Å²) in [5.41, 5.74) is 4.96. The Morgan fingerprint density at radius 2 is 2.20 bits per heavy atom. The number of rotatable bonds is 3. The molecule has 1 atom stereocenters. The monoisotopic (exact) mass is 165 g/mol. The van der Waals surface area contributed by atoms with Crippen LogP contribution in [-0.2, 0) is 15.1 Å². The number of hydrogen-bond acceptors (Lipinski definition) is 4. The van der Waals surface area contributed by atoms with E-state index >= 15 is 0 Å². The number of carbonyl (C=O) groups is 1. The average molecular weight is 165 g/mol. The summed E-state index contributed by atoms with van der Waals surface area (Å²) < 4.78 is 19.6. The molecule has 10 heavy (non-hydrogen) atoms. The third kappa shape index (κ3) is 4.04. The Labute approximate surface area is 59.0 Å². The van der Waals surface area contributed by atoms with Gasteiger partial charge in [-0.2, -0.15) is 8.42 Å². The molecule has 0 amide bonds. The number of hydrogen-bond donors (Lipinski definition) is 2. The molecule has 0 aliphatic carbocycles. The van der Waals surface area contributed by atoms with Crippen LogP contribution in [0, 0.1) is 0 Å². The second-order valence-electron chi connectivity index (χ2n) is 1.61. The molecule has 0 aromatic carbocycles. The zero-order valence-electron chi connectivity index (χ0n) is 5.02. The molecule has 0 unspecified atom stereocenters. The van der Waals surface area contributed by atoms with Crippen LogP contribution in [0.25, 0.3) is 0 Å². The molecule has 58 valence electrons. The highest BCUT2D eigenvalue weighted by molar-refractivity contribution is 7.71. The molecular formula is C4H7NO4S. The van der Waals surface area contributed by atoms with Gasteiger partial charge < -0.3 is 10.8 Å². The zero-order valence-corrected chi connectivity index (χ0v) is 5.84. The summed E-state index contributed by atoms with van der Waals surface area (Å²) in [7, 11) is -2.32. The van der Waals surface area contributed by atoms with Gasteiger partial charge in [-0.3, -0.25) is 4.79 Å². The van der Waals surface area contributed by atoms with Crippen LogP contribution in [0.15, 0.2) is 0 Å². The van der Waals surface area contributed by atoms with Gasteiger partial charge in [-0.1, -0.05) is 0 Å². The van der Waals surface area contributed by atoms with E-state index in [-0.39, 0.29) is 6.42 Å². The standard InChI is InChI=1S/C4H7NO4S/c5-3(4(6)7)1-2-10(8)9/h2-3H,1,5H2,(H,6,7)/t3-/m0/s1. The quantitative estimate of drug-likeness (QED) is 0.494. The first kappa shape index (κ1) is 9.12. The summed E-state index contributed by atoms with van der Waals surface area (Å²) in [5, 5.41) is 8.97. The molecule has 3 N–H and O–H groups in total. The van der Waals surface area contributed by atoms with E-state index in [0.717, 1.165) is 5.37 Å². The van der Waals surface area contributed by atoms with Crippen LogP contribution in [0.1, 0.15) is 6.42 Å². The Morgan fingerprint density at radius 1 is 1.70 bits per heavy atom. The largest absolute Gasteiger partial charge is 0.480 e. The van der Waals surface area contributed by atoms with E-state index in [9.17, 15) is 13.2 Å². The Hall–Kier alpha value is -0.880. The SMILES string of the molecule is N[C@@H](CC=S(=O)=O)C(=O)O. The second-order valence-corrected chi connectivity index (χ2v) is 2.46. The minimum absolute atomic E-state index is 0.161. The molecule has 0 saturated carbocycles. The predicted molar refractivity (Wildman–Crippen MR) is 35.2 cm³/mol. The van der Waals surface area contributed by atoms with Crippen LogP contribution in [0.4, 0.5) is 0 Å². The lowest BCUT2D eigenvalue weighted by atomic mass is 10.2. The highest BCUT2D eigenvalue weighted by Crippen LogP contribution is 1.81. The van der Waals surface area contributed by atoms with Crippen molar-refractivity contribution in [1.29, 1.82) is 0 Å². The summed E-state index contributed by atoms with van der Waals surface area (Å²) in [6.45, 7) is 0. The van der Waals surface area contributed by atoms with Gasteiger partial charge in [0.2, 0.25) is 10.3 Å². The molecule has 5 nitrogen and oxygen atoms in total. The van der Waals surface area contributed by atoms with Gasteiger partial charge in [-0.15, -0.1) is 0 Å². The van der Waals surface area contributed by atoms with E-state index in [4.69, 9.17) is 10.8 Å². The third-order valence-electron chi connectivity index (χ3n) is 0.803. The fraction of sp³-hybridized carbons (Fsp3) is 0.500. The van der Waals surface area contributed by atoms with Crippen molar-refractivity contribution in [1.82, 2.24) is 0 Å². The van der Waals surface area contributed by atoms with E-state index < -0.39 is 22.3 Å². The maximum Gasteiger partial charge on any atom is 0.320 e. The molecule has 0 aliphatic rings. The van der Waals surface area contributed by atoms with Crippen LogP contribution in [0.3, 0.4) is 0 Å². The molecule has 0 aromatic heterocycles.